The van der Waals surface area contributed by atoms with Crippen LogP contribution in [0.15, 0.2) is 48.5 Å². The second kappa shape index (κ2) is 6.48. The van der Waals surface area contributed by atoms with Crippen LogP contribution < -0.4 is 11.1 Å². The van der Waals surface area contributed by atoms with Gasteiger partial charge in [0.1, 0.15) is 6.04 Å². The van der Waals surface area contributed by atoms with Gasteiger partial charge in [0.2, 0.25) is 11.8 Å². The van der Waals surface area contributed by atoms with Crippen molar-refractivity contribution in [3.8, 4) is 11.1 Å². The lowest BCUT2D eigenvalue weighted by Crippen LogP contribution is -2.48. The normalized spacial score (nSPS) is 14.1. The average molecular weight is 322 g/mol. The molecule has 0 radical (unpaired) electrons. The van der Waals surface area contributed by atoms with Crippen LogP contribution in [0.5, 0.6) is 0 Å². The number of primary amides is 1. The van der Waals surface area contributed by atoms with Crippen molar-refractivity contribution in [2.45, 2.75) is 32.2 Å². The van der Waals surface area contributed by atoms with Gasteiger partial charge in [-0.2, -0.15) is 0 Å². The van der Waals surface area contributed by atoms with Crippen LogP contribution in [0.25, 0.3) is 11.1 Å². The minimum absolute atomic E-state index is 0.143. The van der Waals surface area contributed by atoms with Crippen molar-refractivity contribution in [3.63, 3.8) is 0 Å². The van der Waals surface area contributed by atoms with Gasteiger partial charge in [0.15, 0.2) is 0 Å². The standard InChI is InChI=1S/C20H22N2O2/c1-12(2)11-17(23)22-19(20(21)24)18-15-9-5-3-7-13(15)14-8-4-6-10-16(14)18/h3-10,12,18-19H,11H2,1-2H3,(H2,21,24)(H,22,23)/t19-/m0/s1. The third-order valence-corrected chi connectivity index (χ3v) is 4.43. The molecule has 3 N–H and O–H groups in total. The Morgan fingerprint density at radius 2 is 1.50 bits per heavy atom. The fourth-order valence-electron chi connectivity index (χ4n) is 3.48. The van der Waals surface area contributed by atoms with Gasteiger partial charge in [0.25, 0.3) is 0 Å². The molecule has 0 fully saturated rings. The average Bonchev–Trinajstić information content (AvgIpc) is 2.86. The predicted octanol–water partition coefficient (Wildman–Crippen LogP) is 2.82. The molecule has 4 nitrogen and oxygen atoms in total. The van der Waals surface area contributed by atoms with Gasteiger partial charge in [0.05, 0.1) is 0 Å². The van der Waals surface area contributed by atoms with Crippen LogP contribution >= 0.6 is 0 Å². The fraction of sp³-hybridized carbons (Fsp3) is 0.300. The fourth-order valence-corrected chi connectivity index (χ4v) is 3.48. The topological polar surface area (TPSA) is 72.2 Å². The first-order valence-corrected chi connectivity index (χ1v) is 8.26. The number of benzene rings is 2. The molecule has 0 aromatic heterocycles. The Kier molecular flexibility index (Phi) is 4.38. The van der Waals surface area contributed by atoms with E-state index in [0.29, 0.717) is 6.42 Å². The minimum atomic E-state index is -0.749. The highest BCUT2D eigenvalue weighted by Crippen LogP contribution is 2.46. The molecule has 1 aliphatic carbocycles. The molecule has 0 saturated carbocycles. The summed E-state index contributed by atoms with van der Waals surface area (Å²) >= 11 is 0. The Morgan fingerprint density at radius 3 is 1.96 bits per heavy atom. The SMILES string of the molecule is CC(C)CC(=O)N[C@H](C(N)=O)C1c2ccccc2-c2ccccc21. The molecule has 24 heavy (non-hydrogen) atoms. The molecule has 0 spiro atoms. The van der Waals surface area contributed by atoms with E-state index in [4.69, 9.17) is 5.73 Å². The maximum absolute atomic E-state index is 12.2. The Morgan fingerprint density at radius 1 is 1.00 bits per heavy atom. The highest BCUT2D eigenvalue weighted by molar-refractivity contribution is 5.91. The zero-order valence-corrected chi connectivity index (χ0v) is 14.0. The van der Waals surface area contributed by atoms with E-state index in [-0.39, 0.29) is 17.7 Å². The lowest BCUT2D eigenvalue weighted by molar-refractivity contribution is -0.128. The molecule has 2 amide bonds. The summed E-state index contributed by atoms with van der Waals surface area (Å²) in [5, 5.41) is 2.86. The first-order chi connectivity index (χ1) is 11.5. The van der Waals surface area contributed by atoms with Crippen molar-refractivity contribution in [3.05, 3.63) is 59.7 Å². The molecule has 0 saturated heterocycles. The number of nitrogens with one attached hydrogen (secondary N) is 1. The molecule has 2 aromatic rings. The van der Waals surface area contributed by atoms with Crippen LogP contribution in [0, 0.1) is 5.92 Å². The number of amides is 2. The molecule has 0 aliphatic heterocycles. The summed E-state index contributed by atoms with van der Waals surface area (Å²) in [7, 11) is 0. The van der Waals surface area contributed by atoms with Gasteiger partial charge in [-0.25, -0.2) is 0 Å². The maximum Gasteiger partial charge on any atom is 0.240 e. The molecule has 0 heterocycles. The van der Waals surface area contributed by atoms with Crippen LogP contribution in [0.1, 0.15) is 37.3 Å². The van der Waals surface area contributed by atoms with Gasteiger partial charge < -0.3 is 11.1 Å². The van der Waals surface area contributed by atoms with E-state index in [1.807, 2.05) is 62.4 Å². The molecule has 124 valence electrons. The zero-order chi connectivity index (χ0) is 17.3. The maximum atomic E-state index is 12.2. The Balaban J connectivity index is 2.02. The van der Waals surface area contributed by atoms with E-state index >= 15 is 0 Å². The monoisotopic (exact) mass is 322 g/mol. The minimum Gasteiger partial charge on any atom is -0.368 e. The van der Waals surface area contributed by atoms with Crippen LogP contribution in [0.4, 0.5) is 0 Å². The second-order valence-corrected chi connectivity index (χ2v) is 6.70. The quantitative estimate of drug-likeness (QED) is 0.888. The third-order valence-electron chi connectivity index (χ3n) is 4.43. The van der Waals surface area contributed by atoms with Crippen molar-refractivity contribution < 1.29 is 9.59 Å². The van der Waals surface area contributed by atoms with Crippen LogP contribution in [0.2, 0.25) is 0 Å². The van der Waals surface area contributed by atoms with Crippen molar-refractivity contribution in [1.29, 1.82) is 0 Å². The smallest absolute Gasteiger partial charge is 0.240 e. The molecule has 0 unspecified atom stereocenters. The molecule has 4 heteroatoms. The zero-order valence-electron chi connectivity index (χ0n) is 14.0. The summed E-state index contributed by atoms with van der Waals surface area (Å²) in [5.41, 5.74) is 9.92. The predicted molar refractivity (Wildman–Crippen MR) is 94.3 cm³/mol. The van der Waals surface area contributed by atoms with E-state index in [1.165, 1.54) is 0 Å². The van der Waals surface area contributed by atoms with E-state index in [1.54, 1.807) is 0 Å². The summed E-state index contributed by atoms with van der Waals surface area (Å²) in [5.74, 6) is -0.674. The summed E-state index contributed by atoms with van der Waals surface area (Å²) in [6, 6.07) is 15.2. The third kappa shape index (κ3) is 2.92. The highest BCUT2D eigenvalue weighted by Gasteiger charge is 2.37. The van der Waals surface area contributed by atoms with E-state index in [0.717, 1.165) is 22.3 Å². The van der Waals surface area contributed by atoms with Crippen molar-refractivity contribution in [2.24, 2.45) is 11.7 Å². The van der Waals surface area contributed by atoms with Crippen LogP contribution in [0.3, 0.4) is 0 Å². The van der Waals surface area contributed by atoms with Crippen LogP contribution in [-0.4, -0.2) is 17.9 Å². The van der Waals surface area contributed by atoms with E-state index in [9.17, 15) is 9.59 Å². The Labute approximate surface area is 142 Å². The number of rotatable bonds is 5. The molecular weight excluding hydrogens is 300 g/mol. The lowest BCUT2D eigenvalue weighted by Gasteiger charge is -2.24. The van der Waals surface area contributed by atoms with Gasteiger partial charge in [-0.1, -0.05) is 62.4 Å². The molecule has 2 aromatic carbocycles. The lowest BCUT2D eigenvalue weighted by atomic mass is 9.88. The highest BCUT2D eigenvalue weighted by atomic mass is 16.2. The van der Waals surface area contributed by atoms with E-state index in [2.05, 4.69) is 5.32 Å². The van der Waals surface area contributed by atoms with Crippen molar-refractivity contribution >= 4 is 11.8 Å². The van der Waals surface area contributed by atoms with Crippen molar-refractivity contribution in [1.82, 2.24) is 5.32 Å². The molecule has 0 bridgehead atoms. The van der Waals surface area contributed by atoms with Gasteiger partial charge in [0, 0.05) is 12.3 Å². The number of nitrogens with two attached hydrogens (primary N) is 1. The van der Waals surface area contributed by atoms with Gasteiger partial charge in [-0.05, 0) is 28.2 Å². The molecule has 1 aliphatic rings. The largest absolute Gasteiger partial charge is 0.368 e. The van der Waals surface area contributed by atoms with E-state index < -0.39 is 11.9 Å². The number of hydrogen-bond acceptors (Lipinski definition) is 2. The number of hydrogen-bond donors (Lipinski definition) is 2. The summed E-state index contributed by atoms with van der Waals surface area (Å²) in [6.45, 7) is 3.94. The van der Waals surface area contributed by atoms with Crippen LogP contribution in [-0.2, 0) is 9.59 Å². The molecule has 1 atom stereocenters. The molecule has 3 rings (SSSR count). The Hall–Kier alpha value is -2.62. The van der Waals surface area contributed by atoms with Crippen molar-refractivity contribution in [2.75, 3.05) is 0 Å². The molecular formula is C20H22N2O2. The number of carbonyl (C=O) groups is 2. The second-order valence-electron chi connectivity index (χ2n) is 6.70. The number of carbonyl (C=O) groups excluding carboxylic acids is 2. The first kappa shape index (κ1) is 16.2. The summed E-state index contributed by atoms with van der Waals surface area (Å²) in [4.78, 5) is 24.4. The van der Waals surface area contributed by atoms with Gasteiger partial charge in [-0.15, -0.1) is 0 Å². The summed E-state index contributed by atoms with van der Waals surface area (Å²) in [6.07, 6.45) is 0.375. The van der Waals surface area contributed by atoms with Gasteiger partial charge >= 0.3 is 0 Å². The number of fused-ring (bicyclic) bond motifs is 3. The first-order valence-electron chi connectivity index (χ1n) is 8.26. The van der Waals surface area contributed by atoms with Gasteiger partial charge in [-0.3, -0.25) is 9.59 Å². The Bertz CT molecular complexity index is 737. The summed E-state index contributed by atoms with van der Waals surface area (Å²) < 4.78 is 0.